The number of nitrogens with zero attached hydrogens (tertiary/aromatic N) is 1. The molecule has 0 radical (unpaired) electrons. The van der Waals surface area contributed by atoms with Crippen LogP contribution in [0.15, 0.2) is 36.7 Å². The monoisotopic (exact) mass is 283 g/mol. The lowest BCUT2D eigenvalue weighted by atomic mass is 9.99. The summed E-state index contributed by atoms with van der Waals surface area (Å²) in [6.07, 6.45) is 3.06. The van der Waals surface area contributed by atoms with Gasteiger partial charge in [0, 0.05) is 23.5 Å². The van der Waals surface area contributed by atoms with Gasteiger partial charge in [-0.25, -0.2) is 0 Å². The molecule has 1 aliphatic rings. The van der Waals surface area contributed by atoms with Crippen LogP contribution in [0, 0.1) is 6.92 Å². The summed E-state index contributed by atoms with van der Waals surface area (Å²) in [4.78, 5) is 28.5. The number of hydrogen-bond acceptors (Lipinski definition) is 5. The maximum absolute atomic E-state index is 12.3. The fraction of sp³-hybridized carbons (Fsp3) is 0.188. The van der Waals surface area contributed by atoms with Crippen LogP contribution in [0.3, 0.4) is 0 Å². The molecule has 0 spiro atoms. The van der Waals surface area contributed by atoms with Crippen LogP contribution >= 0.6 is 0 Å². The summed E-state index contributed by atoms with van der Waals surface area (Å²) in [5.41, 5.74) is 1.33. The molecule has 1 aromatic carbocycles. The van der Waals surface area contributed by atoms with Crippen molar-refractivity contribution in [2.45, 2.75) is 6.92 Å². The Bertz CT molecular complexity index is 724. The van der Waals surface area contributed by atoms with E-state index in [1.54, 1.807) is 37.4 Å². The molecule has 0 saturated heterocycles. The molecule has 0 bridgehead atoms. The number of Topliss-reactive ketones (excluding diaryl/α,β-unsaturated/α-hetero) is 2. The molecule has 0 atom stereocenters. The van der Waals surface area contributed by atoms with Crippen molar-refractivity contribution < 1.29 is 19.1 Å². The summed E-state index contributed by atoms with van der Waals surface area (Å²) >= 11 is 0. The van der Waals surface area contributed by atoms with Crippen molar-refractivity contribution >= 4 is 11.6 Å². The molecule has 0 saturated carbocycles. The molecule has 0 amide bonds. The summed E-state index contributed by atoms with van der Waals surface area (Å²) in [5.74, 6) is -0.0375. The number of aromatic nitrogens is 1. The van der Waals surface area contributed by atoms with Crippen LogP contribution in [0.4, 0.5) is 0 Å². The Hall–Kier alpha value is -2.69. The van der Waals surface area contributed by atoms with Gasteiger partial charge in [-0.3, -0.25) is 14.6 Å². The number of aryl methyl sites for hydroxylation is 1. The van der Waals surface area contributed by atoms with Crippen molar-refractivity contribution in [1.82, 2.24) is 4.98 Å². The molecule has 21 heavy (non-hydrogen) atoms. The molecule has 0 fully saturated rings. The van der Waals surface area contributed by atoms with Gasteiger partial charge in [-0.1, -0.05) is 0 Å². The molecule has 0 unspecified atom stereocenters. The number of ether oxygens (including phenoxy) is 2. The van der Waals surface area contributed by atoms with Crippen LogP contribution in [0.25, 0.3) is 0 Å². The molecule has 1 aliphatic heterocycles. The number of hydrogen-bond donors (Lipinski definition) is 0. The van der Waals surface area contributed by atoms with Crippen LogP contribution in [0.5, 0.6) is 11.5 Å². The van der Waals surface area contributed by atoms with E-state index >= 15 is 0 Å². The summed E-state index contributed by atoms with van der Waals surface area (Å²) < 4.78 is 10.8. The Kier molecular flexibility index (Phi) is 3.39. The summed E-state index contributed by atoms with van der Waals surface area (Å²) in [6.45, 7) is 2.66. The Morgan fingerprint density at radius 3 is 2.57 bits per heavy atom. The molecule has 2 aromatic rings. The maximum atomic E-state index is 12.3. The molecule has 0 N–H and O–H groups in total. The minimum absolute atomic E-state index is 0.292. The highest BCUT2D eigenvalue weighted by atomic mass is 16.6. The van der Waals surface area contributed by atoms with Gasteiger partial charge in [-0.15, -0.1) is 0 Å². The van der Waals surface area contributed by atoms with Gasteiger partial charge in [-0.2, -0.15) is 0 Å². The highest BCUT2D eigenvalue weighted by molar-refractivity contribution is 6.49. The second-order valence-electron chi connectivity index (χ2n) is 4.71. The summed E-state index contributed by atoms with van der Waals surface area (Å²) in [7, 11) is 0. The van der Waals surface area contributed by atoms with E-state index in [0.29, 0.717) is 41.4 Å². The third-order valence-corrected chi connectivity index (χ3v) is 3.28. The van der Waals surface area contributed by atoms with Gasteiger partial charge in [0.1, 0.15) is 13.2 Å². The number of rotatable bonds is 3. The first-order valence-corrected chi connectivity index (χ1v) is 6.56. The standard InChI is InChI=1S/C16H13NO4/c1-10-9-17-5-4-12(10)16(19)15(18)11-2-3-13-14(8-11)21-7-6-20-13/h2-5,8-9H,6-7H2,1H3. The summed E-state index contributed by atoms with van der Waals surface area (Å²) in [6, 6.07) is 6.32. The number of fused-ring (bicyclic) bond motifs is 1. The first-order valence-electron chi connectivity index (χ1n) is 6.56. The molecular weight excluding hydrogens is 270 g/mol. The van der Waals surface area contributed by atoms with Crippen LogP contribution < -0.4 is 9.47 Å². The average Bonchev–Trinajstić information content (AvgIpc) is 2.53. The van der Waals surface area contributed by atoms with Gasteiger partial charge in [0.15, 0.2) is 11.5 Å². The molecule has 2 heterocycles. The van der Waals surface area contributed by atoms with E-state index in [4.69, 9.17) is 9.47 Å². The Labute approximate surface area is 121 Å². The van der Waals surface area contributed by atoms with E-state index in [2.05, 4.69) is 4.98 Å². The minimum atomic E-state index is -0.568. The second kappa shape index (κ2) is 5.36. The number of benzene rings is 1. The van der Waals surface area contributed by atoms with Crippen molar-refractivity contribution in [1.29, 1.82) is 0 Å². The van der Waals surface area contributed by atoms with Gasteiger partial charge >= 0.3 is 0 Å². The van der Waals surface area contributed by atoms with E-state index in [1.807, 2.05) is 0 Å². The predicted octanol–water partition coefficient (Wildman–Crippen LogP) is 2.23. The van der Waals surface area contributed by atoms with Gasteiger partial charge < -0.3 is 9.47 Å². The van der Waals surface area contributed by atoms with E-state index < -0.39 is 11.6 Å². The quantitative estimate of drug-likeness (QED) is 0.638. The Balaban J connectivity index is 1.92. The molecular formula is C16H13NO4. The number of carbonyl (C=O) groups excluding carboxylic acids is 2. The Morgan fingerprint density at radius 2 is 1.81 bits per heavy atom. The third-order valence-electron chi connectivity index (χ3n) is 3.28. The van der Waals surface area contributed by atoms with E-state index in [9.17, 15) is 9.59 Å². The van der Waals surface area contributed by atoms with Crippen LogP contribution in [0.1, 0.15) is 26.3 Å². The fourth-order valence-electron chi connectivity index (χ4n) is 2.17. The van der Waals surface area contributed by atoms with Crippen LogP contribution in [-0.2, 0) is 0 Å². The number of carbonyl (C=O) groups is 2. The van der Waals surface area contributed by atoms with Crippen molar-refractivity contribution in [2.75, 3.05) is 13.2 Å². The van der Waals surface area contributed by atoms with E-state index in [-0.39, 0.29) is 0 Å². The van der Waals surface area contributed by atoms with Crippen LogP contribution in [-0.4, -0.2) is 29.8 Å². The van der Waals surface area contributed by atoms with E-state index in [1.165, 1.54) is 6.20 Å². The SMILES string of the molecule is Cc1cnccc1C(=O)C(=O)c1ccc2c(c1)OCCO2. The molecule has 5 nitrogen and oxygen atoms in total. The fourth-order valence-corrected chi connectivity index (χ4v) is 2.17. The smallest absolute Gasteiger partial charge is 0.233 e. The average molecular weight is 283 g/mol. The zero-order chi connectivity index (χ0) is 14.8. The zero-order valence-electron chi connectivity index (χ0n) is 11.5. The first-order chi connectivity index (χ1) is 10.2. The summed E-state index contributed by atoms with van der Waals surface area (Å²) in [5, 5.41) is 0. The number of pyridine rings is 1. The first kappa shape index (κ1) is 13.3. The van der Waals surface area contributed by atoms with Crippen molar-refractivity contribution in [3.63, 3.8) is 0 Å². The molecule has 3 rings (SSSR count). The molecule has 0 aliphatic carbocycles. The van der Waals surface area contributed by atoms with Gasteiger partial charge in [0.05, 0.1) is 0 Å². The van der Waals surface area contributed by atoms with Gasteiger partial charge in [0.2, 0.25) is 11.6 Å². The zero-order valence-corrected chi connectivity index (χ0v) is 11.5. The lowest BCUT2D eigenvalue weighted by molar-refractivity contribution is 0.0816. The highest BCUT2D eigenvalue weighted by Crippen LogP contribution is 2.31. The van der Waals surface area contributed by atoms with Gasteiger partial charge in [0.25, 0.3) is 0 Å². The molecule has 5 heteroatoms. The largest absolute Gasteiger partial charge is 0.486 e. The van der Waals surface area contributed by atoms with Crippen molar-refractivity contribution in [3.8, 4) is 11.5 Å². The lowest BCUT2D eigenvalue weighted by Gasteiger charge is -2.18. The maximum Gasteiger partial charge on any atom is 0.233 e. The highest BCUT2D eigenvalue weighted by Gasteiger charge is 2.22. The van der Waals surface area contributed by atoms with Gasteiger partial charge in [-0.05, 0) is 36.8 Å². The van der Waals surface area contributed by atoms with E-state index in [0.717, 1.165) is 0 Å². The Morgan fingerprint density at radius 1 is 1.05 bits per heavy atom. The second-order valence-corrected chi connectivity index (χ2v) is 4.71. The third kappa shape index (κ3) is 2.50. The van der Waals surface area contributed by atoms with Crippen LogP contribution in [0.2, 0.25) is 0 Å². The molecule has 1 aromatic heterocycles. The topological polar surface area (TPSA) is 65.5 Å². The molecule has 106 valence electrons. The lowest BCUT2D eigenvalue weighted by Crippen LogP contribution is -2.18. The predicted molar refractivity (Wildman–Crippen MR) is 75.1 cm³/mol. The minimum Gasteiger partial charge on any atom is -0.486 e. The van der Waals surface area contributed by atoms with Crippen molar-refractivity contribution in [3.05, 3.63) is 53.3 Å². The number of ketones is 2. The normalized spacial score (nSPS) is 12.8. The van der Waals surface area contributed by atoms with Crippen molar-refractivity contribution in [2.24, 2.45) is 0 Å².